The molecule has 1 aromatic heterocycles. The van der Waals surface area contributed by atoms with E-state index >= 15 is 0 Å². The molecule has 150 valence electrons. The summed E-state index contributed by atoms with van der Waals surface area (Å²) in [4.78, 5) is 27.6. The highest BCUT2D eigenvalue weighted by atomic mass is 16.5. The van der Waals surface area contributed by atoms with Gasteiger partial charge >= 0.3 is 5.69 Å². The molecule has 1 amide bonds. The van der Waals surface area contributed by atoms with Gasteiger partial charge in [-0.1, -0.05) is 24.3 Å². The molecule has 1 unspecified atom stereocenters. The molecule has 0 spiro atoms. The van der Waals surface area contributed by atoms with Gasteiger partial charge in [-0.05, 0) is 43.2 Å². The van der Waals surface area contributed by atoms with E-state index in [1.807, 2.05) is 47.4 Å². The number of carbonyl (C=O) groups excluding carboxylic acids is 1. The molecule has 1 atom stereocenters. The highest BCUT2D eigenvalue weighted by Crippen LogP contribution is 2.28. The SMILES string of the molecule is COc1cccc(C(=O)N2CCCC(c3nn(C)c(=O)n3-c3ccccc3)C2)c1. The molecule has 7 heteroatoms. The fraction of sp³-hybridized carbons (Fsp3) is 0.318. The average Bonchev–Trinajstić information content (AvgIpc) is 3.08. The van der Waals surface area contributed by atoms with Crippen LogP contribution in [0.5, 0.6) is 5.75 Å². The van der Waals surface area contributed by atoms with Crippen LogP contribution in [0.2, 0.25) is 0 Å². The number of methoxy groups -OCH3 is 1. The second-order valence-corrected chi connectivity index (χ2v) is 7.26. The van der Waals surface area contributed by atoms with Crippen molar-refractivity contribution in [2.24, 2.45) is 7.05 Å². The molecule has 2 heterocycles. The van der Waals surface area contributed by atoms with Crippen molar-refractivity contribution in [1.29, 1.82) is 0 Å². The fourth-order valence-electron chi connectivity index (χ4n) is 3.88. The summed E-state index contributed by atoms with van der Waals surface area (Å²) >= 11 is 0. The zero-order chi connectivity index (χ0) is 20.4. The monoisotopic (exact) mass is 392 g/mol. The van der Waals surface area contributed by atoms with Crippen LogP contribution in [0.25, 0.3) is 5.69 Å². The first-order valence-electron chi connectivity index (χ1n) is 9.73. The van der Waals surface area contributed by atoms with Crippen molar-refractivity contribution in [3.05, 3.63) is 76.5 Å². The predicted molar refractivity (Wildman–Crippen MR) is 110 cm³/mol. The zero-order valence-corrected chi connectivity index (χ0v) is 16.6. The number of para-hydroxylation sites is 1. The first-order valence-corrected chi connectivity index (χ1v) is 9.73. The molecule has 0 radical (unpaired) electrons. The summed E-state index contributed by atoms with van der Waals surface area (Å²) in [6.45, 7) is 1.22. The maximum atomic E-state index is 13.0. The van der Waals surface area contributed by atoms with Gasteiger partial charge < -0.3 is 9.64 Å². The van der Waals surface area contributed by atoms with Crippen LogP contribution in [0, 0.1) is 0 Å². The quantitative estimate of drug-likeness (QED) is 0.684. The number of hydrogen-bond acceptors (Lipinski definition) is 4. The Morgan fingerprint density at radius 3 is 2.69 bits per heavy atom. The van der Waals surface area contributed by atoms with Gasteiger partial charge in [0.05, 0.1) is 12.8 Å². The first kappa shape index (κ1) is 19.0. The maximum absolute atomic E-state index is 13.0. The van der Waals surface area contributed by atoms with Gasteiger partial charge in [0.25, 0.3) is 5.91 Å². The number of aryl methyl sites for hydroxylation is 1. The Bertz CT molecular complexity index is 1070. The van der Waals surface area contributed by atoms with Gasteiger partial charge in [0, 0.05) is 31.6 Å². The minimum absolute atomic E-state index is 0.00702. The summed E-state index contributed by atoms with van der Waals surface area (Å²) in [5.41, 5.74) is 1.21. The van der Waals surface area contributed by atoms with Gasteiger partial charge in [0.1, 0.15) is 11.6 Å². The molecular weight excluding hydrogens is 368 g/mol. The third-order valence-electron chi connectivity index (χ3n) is 5.35. The number of aromatic nitrogens is 3. The molecule has 1 saturated heterocycles. The Morgan fingerprint density at radius 1 is 1.14 bits per heavy atom. The summed E-state index contributed by atoms with van der Waals surface area (Å²) in [6.07, 6.45) is 1.74. The molecule has 1 fully saturated rings. The van der Waals surface area contributed by atoms with Crippen molar-refractivity contribution in [3.63, 3.8) is 0 Å². The summed E-state index contributed by atoms with van der Waals surface area (Å²) in [5.74, 6) is 1.32. The number of amides is 1. The maximum Gasteiger partial charge on any atom is 0.350 e. The van der Waals surface area contributed by atoms with E-state index in [0.29, 0.717) is 30.2 Å². The van der Waals surface area contributed by atoms with Crippen LogP contribution in [0.3, 0.4) is 0 Å². The minimum Gasteiger partial charge on any atom is -0.497 e. The molecule has 0 N–H and O–H groups in total. The highest BCUT2D eigenvalue weighted by molar-refractivity contribution is 5.94. The zero-order valence-electron chi connectivity index (χ0n) is 16.6. The van der Waals surface area contributed by atoms with Crippen molar-refractivity contribution in [2.75, 3.05) is 20.2 Å². The molecule has 1 aliphatic rings. The molecule has 7 nitrogen and oxygen atoms in total. The lowest BCUT2D eigenvalue weighted by atomic mass is 9.96. The third-order valence-corrected chi connectivity index (χ3v) is 5.35. The Hall–Kier alpha value is -3.35. The second kappa shape index (κ2) is 7.95. The van der Waals surface area contributed by atoms with E-state index < -0.39 is 0 Å². The molecule has 1 aliphatic heterocycles. The molecule has 4 rings (SSSR count). The normalized spacial score (nSPS) is 16.6. The first-order chi connectivity index (χ1) is 14.1. The summed E-state index contributed by atoms with van der Waals surface area (Å²) in [6, 6.07) is 16.7. The Kier molecular flexibility index (Phi) is 5.20. The predicted octanol–water partition coefficient (Wildman–Crippen LogP) is 2.60. The second-order valence-electron chi connectivity index (χ2n) is 7.26. The topological polar surface area (TPSA) is 69.4 Å². The van der Waals surface area contributed by atoms with Crippen molar-refractivity contribution in [2.45, 2.75) is 18.8 Å². The van der Waals surface area contributed by atoms with Gasteiger partial charge in [0.2, 0.25) is 0 Å². The number of rotatable bonds is 4. The van der Waals surface area contributed by atoms with Crippen LogP contribution >= 0.6 is 0 Å². The van der Waals surface area contributed by atoms with E-state index in [9.17, 15) is 9.59 Å². The van der Waals surface area contributed by atoms with Crippen molar-refractivity contribution < 1.29 is 9.53 Å². The number of likely N-dealkylation sites (tertiary alicyclic amines) is 1. The van der Waals surface area contributed by atoms with E-state index in [2.05, 4.69) is 5.10 Å². The lowest BCUT2D eigenvalue weighted by molar-refractivity contribution is 0.0703. The smallest absolute Gasteiger partial charge is 0.350 e. The lowest BCUT2D eigenvalue weighted by Gasteiger charge is -2.32. The Morgan fingerprint density at radius 2 is 1.93 bits per heavy atom. The number of benzene rings is 2. The van der Waals surface area contributed by atoms with Crippen LogP contribution in [-0.2, 0) is 7.05 Å². The number of ether oxygens (including phenoxy) is 1. The molecule has 2 aromatic carbocycles. The van der Waals surface area contributed by atoms with E-state index in [4.69, 9.17) is 4.74 Å². The van der Waals surface area contributed by atoms with Gasteiger partial charge in [-0.15, -0.1) is 0 Å². The van der Waals surface area contributed by atoms with E-state index in [1.54, 1.807) is 30.9 Å². The molecule has 3 aromatic rings. The molecule has 0 saturated carbocycles. The van der Waals surface area contributed by atoms with E-state index in [1.165, 1.54) is 4.68 Å². The molecule has 29 heavy (non-hydrogen) atoms. The van der Waals surface area contributed by atoms with Gasteiger partial charge in [-0.2, -0.15) is 5.10 Å². The standard InChI is InChI=1S/C22H24N4O3/c1-24-22(28)26(18-10-4-3-5-11-18)20(23-24)17-9-7-13-25(15-17)21(27)16-8-6-12-19(14-16)29-2/h3-6,8,10-12,14,17H,7,9,13,15H2,1-2H3. The molecule has 0 bridgehead atoms. The third kappa shape index (κ3) is 3.68. The molecule has 0 aliphatic carbocycles. The Balaban J connectivity index is 1.63. The Labute approximate surface area is 169 Å². The highest BCUT2D eigenvalue weighted by Gasteiger charge is 2.30. The van der Waals surface area contributed by atoms with Gasteiger partial charge in [-0.25, -0.2) is 14.0 Å². The number of carbonyl (C=O) groups is 1. The lowest BCUT2D eigenvalue weighted by Crippen LogP contribution is -2.40. The van der Waals surface area contributed by atoms with E-state index in [-0.39, 0.29) is 17.5 Å². The number of nitrogens with zero attached hydrogens (tertiary/aromatic N) is 4. The largest absolute Gasteiger partial charge is 0.497 e. The van der Waals surface area contributed by atoms with Crippen LogP contribution in [0.1, 0.15) is 34.9 Å². The summed E-state index contributed by atoms with van der Waals surface area (Å²) < 4.78 is 8.27. The minimum atomic E-state index is -0.178. The number of hydrogen-bond donors (Lipinski definition) is 0. The van der Waals surface area contributed by atoms with Crippen molar-refractivity contribution in [1.82, 2.24) is 19.2 Å². The van der Waals surface area contributed by atoms with Gasteiger partial charge in [-0.3, -0.25) is 4.79 Å². The van der Waals surface area contributed by atoms with Crippen molar-refractivity contribution >= 4 is 5.91 Å². The fourth-order valence-corrected chi connectivity index (χ4v) is 3.88. The molecular formula is C22H24N4O3. The van der Waals surface area contributed by atoms with Crippen LogP contribution in [0.15, 0.2) is 59.4 Å². The number of piperidine rings is 1. The van der Waals surface area contributed by atoms with Crippen LogP contribution in [-0.4, -0.2) is 45.4 Å². The van der Waals surface area contributed by atoms with Crippen molar-refractivity contribution in [3.8, 4) is 11.4 Å². The van der Waals surface area contributed by atoms with Crippen LogP contribution < -0.4 is 10.4 Å². The average molecular weight is 392 g/mol. The van der Waals surface area contributed by atoms with E-state index in [0.717, 1.165) is 18.5 Å². The summed E-state index contributed by atoms with van der Waals surface area (Å²) in [7, 11) is 3.25. The van der Waals surface area contributed by atoms with Crippen LogP contribution in [0.4, 0.5) is 0 Å². The van der Waals surface area contributed by atoms with Gasteiger partial charge in [0.15, 0.2) is 0 Å². The summed E-state index contributed by atoms with van der Waals surface area (Å²) in [5, 5.41) is 4.51.